The first-order chi connectivity index (χ1) is 5.68. The van der Waals surface area contributed by atoms with Crippen molar-refractivity contribution in [1.29, 1.82) is 0 Å². The SMILES string of the molecule is CC1CCC(N/C=C/C(=O)O)C1. The largest absolute Gasteiger partial charge is 0.478 e. The van der Waals surface area contributed by atoms with E-state index in [-0.39, 0.29) is 0 Å². The minimum atomic E-state index is -0.895. The number of carboxylic acid groups (broad SMARTS) is 1. The van der Waals surface area contributed by atoms with Crippen molar-refractivity contribution in [2.45, 2.75) is 32.2 Å². The van der Waals surface area contributed by atoms with Crippen LogP contribution in [0.3, 0.4) is 0 Å². The lowest BCUT2D eigenvalue weighted by molar-refractivity contribution is -0.131. The van der Waals surface area contributed by atoms with Crippen LogP contribution in [0.25, 0.3) is 0 Å². The summed E-state index contributed by atoms with van der Waals surface area (Å²) in [7, 11) is 0. The van der Waals surface area contributed by atoms with E-state index < -0.39 is 5.97 Å². The molecule has 68 valence electrons. The van der Waals surface area contributed by atoms with Crippen LogP contribution in [0, 0.1) is 5.92 Å². The lowest BCUT2D eigenvalue weighted by atomic mass is 10.1. The molecule has 0 aromatic carbocycles. The smallest absolute Gasteiger partial charge is 0.329 e. The van der Waals surface area contributed by atoms with Gasteiger partial charge in [0.1, 0.15) is 0 Å². The van der Waals surface area contributed by atoms with Crippen molar-refractivity contribution in [2.24, 2.45) is 5.92 Å². The summed E-state index contributed by atoms with van der Waals surface area (Å²) in [5.74, 6) is -0.116. The van der Waals surface area contributed by atoms with Gasteiger partial charge in [-0.05, 0) is 25.2 Å². The first-order valence-electron chi connectivity index (χ1n) is 4.34. The monoisotopic (exact) mass is 169 g/mol. The Morgan fingerprint density at radius 2 is 2.33 bits per heavy atom. The first kappa shape index (κ1) is 9.10. The molecule has 0 radical (unpaired) electrons. The third kappa shape index (κ3) is 2.95. The van der Waals surface area contributed by atoms with Crippen LogP contribution >= 0.6 is 0 Å². The Morgan fingerprint density at radius 1 is 1.58 bits per heavy atom. The van der Waals surface area contributed by atoms with E-state index in [0.717, 1.165) is 24.8 Å². The Bertz CT molecular complexity index is 189. The normalized spacial score (nSPS) is 29.4. The molecule has 0 aromatic rings. The van der Waals surface area contributed by atoms with E-state index in [0.29, 0.717) is 6.04 Å². The predicted octanol–water partition coefficient (Wildman–Crippen LogP) is 1.36. The lowest BCUT2D eigenvalue weighted by Crippen LogP contribution is -2.20. The summed E-state index contributed by atoms with van der Waals surface area (Å²) in [6.45, 7) is 2.22. The molecule has 1 fully saturated rings. The molecule has 1 aliphatic rings. The highest BCUT2D eigenvalue weighted by Crippen LogP contribution is 2.24. The standard InChI is InChI=1S/C9H15NO2/c1-7-2-3-8(6-7)10-5-4-9(11)12/h4-5,7-8,10H,2-3,6H2,1H3,(H,11,12)/b5-4+. The van der Waals surface area contributed by atoms with E-state index in [1.807, 2.05) is 0 Å². The number of carbonyl (C=O) groups is 1. The number of nitrogens with one attached hydrogen (secondary N) is 1. The highest BCUT2D eigenvalue weighted by Gasteiger charge is 2.19. The second-order valence-corrected chi connectivity index (χ2v) is 3.45. The first-order valence-corrected chi connectivity index (χ1v) is 4.34. The third-order valence-electron chi connectivity index (χ3n) is 2.25. The van der Waals surface area contributed by atoms with Gasteiger partial charge in [0.25, 0.3) is 0 Å². The van der Waals surface area contributed by atoms with Gasteiger partial charge in [-0.15, -0.1) is 0 Å². The highest BCUT2D eigenvalue weighted by atomic mass is 16.4. The molecule has 0 aromatic heterocycles. The Morgan fingerprint density at radius 3 is 2.83 bits per heavy atom. The van der Waals surface area contributed by atoms with Gasteiger partial charge in [0.05, 0.1) is 0 Å². The maximum Gasteiger partial charge on any atom is 0.329 e. The van der Waals surface area contributed by atoms with Crippen molar-refractivity contribution in [3.63, 3.8) is 0 Å². The zero-order chi connectivity index (χ0) is 8.97. The van der Waals surface area contributed by atoms with Crippen LogP contribution in [-0.4, -0.2) is 17.1 Å². The Labute approximate surface area is 72.5 Å². The minimum absolute atomic E-state index is 0.482. The van der Waals surface area contributed by atoms with E-state index in [2.05, 4.69) is 12.2 Å². The Hall–Kier alpha value is -0.990. The summed E-state index contributed by atoms with van der Waals surface area (Å²) < 4.78 is 0. The Kier molecular flexibility index (Phi) is 3.14. The molecule has 0 saturated heterocycles. The second-order valence-electron chi connectivity index (χ2n) is 3.45. The van der Waals surface area contributed by atoms with Crippen LogP contribution in [0.1, 0.15) is 26.2 Å². The molecular weight excluding hydrogens is 154 g/mol. The molecule has 3 nitrogen and oxygen atoms in total. The van der Waals surface area contributed by atoms with Crippen molar-refractivity contribution >= 4 is 5.97 Å². The molecule has 2 unspecified atom stereocenters. The number of carboxylic acids is 1. The lowest BCUT2D eigenvalue weighted by Gasteiger charge is -2.08. The van der Waals surface area contributed by atoms with Crippen LogP contribution in [0.4, 0.5) is 0 Å². The Balaban J connectivity index is 2.20. The van der Waals surface area contributed by atoms with Crippen LogP contribution < -0.4 is 5.32 Å². The zero-order valence-electron chi connectivity index (χ0n) is 7.29. The average Bonchev–Trinajstić information content (AvgIpc) is 2.35. The van der Waals surface area contributed by atoms with Gasteiger partial charge in [0.2, 0.25) is 0 Å². The van der Waals surface area contributed by atoms with Gasteiger partial charge in [-0.1, -0.05) is 6.92 Å². The van der Waals surface area contributed by atoms with E-state index in [4.69, 9.17) is 5.11 Å². The van der Waals surface area contributed by atoms with Crippen molar-refractivity contribution in [3.8, 4) is 0 Å². The fraction of sp³-hybridized carbons (Fsp3) is 0.667. The molecule has 1 aliphatic carbocycles. The molecule has 0 spiro atoms. The molecule has 1 rings (SSSR count). The molecule has 2 N–H and O–H groups in total. The molecular formula is C9H15NO2. The number of aliphatic carboxylic acids is 1. The van der Waals surface area contributed by atoms with E-state index in [1.165, 1.54) is 12.6 Å². The average molecular weight is 169 g/mol. The van der Waals surface area contributed by atoms with Crippen molar-refractivity contribution in [1.82, 2.24) is 5.32 Å². The topological polar surface area (TPSA) is 49.3 Å². The maximum absolute atomic E-state index is 10.1. The number of rotatable bonds is 3. The highest BCUT2D eigenvalue weighted by molar-refractivity contribution is 5.79. The molecule has 1 saturated carbocycles. The van der Waals surface area contributed by atoms with E-state index in [1.54, 1.807) is 0 Å². The third-order valence-corrected chi connectivity index (χ3v) is 2.25. The molecule has 3 heteroatoms. The quantitative estimate of drug-likeness (QED) is 0.627. The van der Waals surface area contributed by atoms with Crippen LogP contribution in [0.5, 0.6) is 0 Å². The van der Waals surface area contributed by atoms with Gasteiger partial charge in [-0.2, -0.15) is 0 Å². The van der Waals surface area contributed by atoms with Crippen molar-refractivity contribution in [3.05, 3.63) is 12.3 Å². The van der Waals surface area contributed by atoms with Gasteiger partial charge in [0.15, 0.2) is 0 Å². The van der Waals surface area contributed by atoms with Crippen molar-refractivity contribution in [2.75, 3.05) is 0 Å². The van der Waals surface area contributed by atoms with Gasteiger partial charge in [-0.3, -0.25) is 0 Å². The number of hydrogen-bond acceptors (Lipinski definition) is 2. The molecule has 2 atom stereocenters. The van der Waals surface area contributed by atoms with Gasteiger partial charge in [-0.25, -0.2) is 4.79 Å². The molecule has 0 bridgehead atoms. The van der Waals surface area contributed by atoms with E-state index in [9.17, 15) is 4.79 Å². The molecule has 0 amide bonds. The fourth-order valence-corrected chi connectivity index (χ4v) is 1.61. The van der Waals surface area contributed by atoms with Crippen molar-refractivity contribution < 1.29 is 9.90 Å². The zero-order valence-corrected chi connectivity index (χ0v) is 7.29. The summed E-state index contributed by atoms with van der Waals surface area (Å²) >= 11 is 0. The summed E-state index contributed by atoms with van der Waals surface area (Å²) in [6, 6.07) is 0.482. The summed E-state index contributed by atoms with van der Waals surface area (Å²) in [5.41, 5.74) is 0. The maximum atomic E-state index is 10.1. The van der Waals surface area contributed by atoms with Gasteiger partial charge in [0, 0.05) is 18.3 Å². The summed E-state index contributed by atoms with van der Waals surface area (Å²) in [4.78, 5) is 10.1. The molecule has 0 aliphatic heterocycles. The van der Waals surface area contributed by atoms with E-state index >= 15 is 0 Å². The fourth-order valence-electron chi connectivity index (χ4n) is 1.61. The van der Waals surface area contributed by atoms with Gasteiger partial charge < -0.3 is 10.4 Å². The summed E-state index contributed by atoms with van der Waals surface area (Å²) in [5, 5.41) is 11.4. The van der Waals surface area contributed by atoms with Crippen LogP contribution in [0.2, 0.25) is 0 Å². The van der Waals surface area contributed by atoms with Gasteiger partial charge >= 0.3 is 5.97 Å². The predicted molar refractivity (Wildman–Crippen MR) is 46.7 cm³/mol. The molecule has 12 heavy (non-hydrogen) atoms. The molecule has 0 heterocycles. The second kappa shape index (κ2) is 4.14. The van der Waals surface area contributed by atoms with Crippen LogP contribution in [0.15, 0.2) is 12.3 Å². The summed E-state index contributed by atoms with van der Waals surface area (Å²) in [6.07, 6.45) is 6.24. The minimum Gasteiger partial charge on any atom is -0.478 e. The van der Waals surface area contributed by atoms with Crippen LogP contribution in [-0.2, 0) is 4.79 Å². The number of hydrogen-bond donors (Lipinski definition) is 2.